The van der Waals surface area contributed by atoms with E-state index in [0.29, 0.717) is 6.42 Å². The van der Waals surface area contributed by atoms with Crippen molar-refractivity contribution < 1.29 is 4.79 Å². The summed E-state index contributed by atoms with van der Waals surface area (Å²) in [6.45, 7) is 0. The smallest absolute Gasteiger partial charge is 0.228 e. The summed E-state index contributed by atoms with van der Waals surface area (Å²) in [6.07, 6.45) is 3.87. The van der Waals surface area contributed by atoms with Gasteiger partial charge in [0, 0.05) is 39.1 Å². The summed E-state index contributed by atoms with van der Waals surface area (Å²) in [5, 5.41) is 5.92. The van der Waals surface area contributed by atoms with E-state index in [-0.39, 0.29) is 5.91 Å². The van der Waals surface area contributed by atoms with Gasteiger partial charge in [0.15, 0.2) is 0 Å². The van der Waals surface area contributed by atoms with E-state index in [1.807, 2.05) is 66.0 Å². The quantitative estimate of drug-likeness (QED) is 0.417. The minimum Gasteiger partial charge on any atom is -0.326 e. The second-order valence-corrected chi connectivity index (χ2v) is 7.98. The molecule has 1 N–H and O–H groups in total. The largest absolute Gasteiger partial charge is 0.326 e. The van der Waals surface area contributed by atoms with E-state index in [1.54, 1.807) is 23.7 Å². The summed E-state index contributed by atoms with van der Waals surface area (Å²) in [5.74, 6) is -0.0382. The van der Waals surface area contributed by atoms with Crippen LogP contribution in [0.15, 0.2) is 82.9 Å². The molecule has 0 atom stereocenters. The normalized spacial score (nSPS) is 10.6. The molecule has 28 heavy (non-hydrogen) atoms. The molecule has 2 heterocycles. The van der Waals surface area contributed by atoms with Gasteiger partial charge in [-0.1, -0.05) is 40.2 Å². The van der Waals surface area contributed by atoms with Gasteiger partial charge >= 0.3 is 0 Å². The molecule has 0 fully saturated rings. The summed E-state index contributed by atoms with van der Waals surface area (Å²) >= 11 is 4.99. The lowest BCUT2D eigenvalue weighted by Crippen LogP contribution is -2.14. The van der Waals surface area contributed by atoms with Crippen LogP contribution < -0.4 is 5.32 Å². The Bertz CT molecular complexity index is 1080. The molecule has 0 unspecified atom stereocenters. The van der Waals surface area contributed by atoms with E-state index in [9.17, 15) is 4.79 Å². The zero-order chi connectivity index (χ0) is 19.3. The number of nitrogens with one attached hydrogen (secondary N) is 1. The average molecular weight is 450 g/mol. The predicted molar refractivity (Wildman–Crippen MR) is 117 cm³/mol. The zero-order valence-corrected chi connectivity index (χ0v) is 17.2. The SMILES string of the molecule is O=C(Cc1ccc(-c2csc(-c3ccncc3)n2)cc1)Nc1ccc(Br)cc1. The van der Waals surface area contributed by atoms with Gasteiger partial charge in [-0.05, 0) is 42.0 Å². The van der Waals surface area contributed by atoms with Gasteiger partial charge in [0.1, 0.15) is 5.01 Å². The van der Waals surface area contributed by atoms with Crippen molar-refractivity contribution in [2.75, 3.05) is 5.32 Å². The standard InChI is InChI=1S/C22H16BrN3OS/c23-18-5-7-19(8-6-18)25-21(27)13-15-1-3-16(4-2-15)20-14-28-22(26-20)17-9-11-24-12-10-17/h1-12,14H,13H2,(H,25,27). The number of amides is 1. The molecule has 0 bridgehead atoms. The molecule has 138 valence electrons. The number of carbonyl (C=O) groups is 1. The number of hydrogen-bond donors (Lipinski definition) is 1. The van der Waals surface area contributed by atoms with E-state index < -0.39 is 0 Å². The molecular weight excluding hydrogens is 434 g/mol. The van der Waals surface area contributed by atoms with Gasteiger partial charge in [-0.2, -0.15) is 0 Å². The molecule has 4 rings (SSSR count). The van der Waals surface area contributed by atoms with E-state index in [1.165, 1.54) is 0 Å². The number of aromatic nitrogens is 2. The second kappa shape index (κ2) is 8.46. The number of carbonyl (C=O) groups excluding carboxylic acids is 1. The molecule has 4 nitrogen and oxygen atoms in total. The molecular formula is C22H16BrN3OS. The first-order valence-corrected chi connectivity index (χ1v) is 10.4. The third-order valence-corrected chi connectivity index (χ3v) is 5.59. The molecule has 0 aliphatic heterocycles. The maximum absolute atomic E-state index is 12.2. The monoisotopic (exact) mass is 449 g/mol. The van der Waals surface area contributed by atoms with Gasteiger partial charge in [0.25, 0.3) is 0 Å². The van der Waals surface area contributed by atoms with Crippen LogP contribution in [0.4, 0.5) is 5.69 Å². The molecule has 0 radical (unpaired) electrons. The van der Waals surface area contributed by atoms with Crippen LogP contribution in [-0.4, -0.2) is 15.9 Å². The Morgan fingerprint density at radius 3 is 2.36 bits per heavy atom. The maximum atomic E-state index is 12.2. The highest BCUT2D eigenvalue weighted by Crippen LogP contribution is 2.28. The minimum atomic E-state index is -0.0382. The van der Waals surface area contributed by atoms with Gasteiger partial charge in [-0.15, -0.1) is 11.3 Å². The summed E-state index contributed by atoms with van der Waals surface area (Å²) < 4.78 is 0.982. The average Bonchev–Trinajstić information content (AvgIpc) is 3.21. The molecule has 6 heteroatoms. The van der Waals surface area contributed by atoms with Gasteiger partial charge in [-0.3, -0.25) is 9.78 Å². The summed E-state index contributed by atoms with van der Waals surface area (Å²) in [5.41, 5.74) is 4.78. The highest BCUT2D eigenvalue weighted by Gasteiger charge is 2.08. The van der Waals surface area contributed by atoms with Crippen molar-refractivity contribution in [3.05, 3.63) is 88.5 Å². The lowest BCUT2D eigenvalue weighted by atomic mass is 10.1. The predicted octanol–water partition coefficient (Wildman–Crippen LogP) is 5.82. The van der Waals surface area contributed by atoms with Gasteiger partial charge in [0.2, 0.25) is 5.91 Å². The third-order valence-electron chi connectivity index (χ3n) is 4.17. The minimum absolute atomic E-state index is 0.0382. The van der Waals surface area contributed by atoms with Gasteiger partial charge < -0.3 is 5.32 Å². The first-order valence-electron chi connectivity index (χ1n) is 8.68. The first-order chi connectivity index (χ1) is 13.7. The van der Waals surface area contributed by atoms with Gasteiger partial charge in [0.05, 0.1) is 12.1 Å². The first kappa shape index (κ1) is 18.5. The van der Waals surface area contributed by atoms with Crippen LogP contribution in [0.2, 0.25) is 0 Å². The Labute approximate surface area is 175 Å². The van der Waals surface area contributed by atoms with Crippen molar-refractivity contribution in [3.63, 3.8) is 0 Å². The number of anilines is 1. The number of nitrogens with zero attached hydrogens (tertiary/aromatic N) is 2. The van der Waals surface area contributed by atoms with Crippen LogP contribution in [0.5, 0.6) is 0 Å². The Morgan fingerprint density at radius 1 is 0.929 bits per heavy atom. The molecule has 0 saturated heterocycles. The number of thiazole rings is 1. The Balaban J connectivity index is 1.42. The fourth-order valence-electron chi connectivity index (χ4n) is 2.75. The molecule has 4 aromatic rings. The number of halogens is 1. The van der Waals surface area contributed by atoms with E-state index in [4.69, 9.17) is 4.98 Å². The summed E-state index contributed by atoms with van der Waals surface area (Å²) in [6, 6.07) is 19.4. The summed E-state index contributed by atoms with van der Waals surface area (Å²) in [7, 11) is 0. The van der Waals surface area contributed by atoms with Crippen LogP contribution in [0.25, 0.3) is 21.8 Å². The van der Waals surface area contributed by atoms with E-state index in [2.05, 4.69) is 26.2 Å². The van der Waals surface area contributed by atoms with Crippen LogP contribution in [0.3, 0.4) is 0 Å². The number of pyridine rings is 1. The molecule has 0 spiro atoms. The third kappa shape index (κ3) is 4.52. The molecule has 0 aliphatic rings. The fraction of sp³-hybridized carbons (Fsp3) is 0.0455. The van der Waals surface area contributed by atoms with Crippen LogP contribution in [-0.2, 0) is 11.2 Å². The van der Waals surface area contributed by atoms with Crippen LogP contribution in [0, 0.1) is 0 Å². The molecule has 2 aromatic heterocycles. The van der Waals surface area contributed by atoms with Crippen molar-refractivity contribution in [2.45, 2.75) is 6.42 Å². The lowest BCUT2D eigenvalue weighted by Gasteiger charge is -2.06. The number of rotatable bonds is 5. The Morgan fingerprint density at radius 2 is 1.64 bits per heavy atom. The Hall–Kier alpha value is -2.83. The van der Waals surface area contributed by atoms with Crippen LogP contribution in [0.1, 0.15) is 5.56 Å². The maximum Gasteiger partial charge on any atom is 0.228 e. The molecule has 2 aromatic carbocycles. The van der Waals surface area contributed by atoms with Crippen molar-refractivity contribution in [1.29, 1.82) is 0 Å². The van der Waals surface area contributed by atoms with Crippen molar-refractivity contribution >= 4 is 38.9 Å². The molecule has 0 saturated carbocycles. The Kier molecular flexibility index (Phi) is 5.60. The number of benzene rings is 2. The molecule has 1 amide bonds. The van der Waals surface area contributed by atoms with Crippen molar-refractivity contribution in [2.24, 2.45) is 0 Å². The second-order valence-electron chi connectivity index (χ2n) is 6.20. The van der Waals surface area contributed by atoms with Crippen LogP contribution >= 0.6 is 27.3 Å². The highest BCUT2D eigenvalue weighted by atomic mass is 79.9. The van der Waals surface area contributed by atoms with Crippen molar-refractivity contribution in [3.8, 4) is 21.8 Å². The molecule has 0 aliphatic carbocycles. The summed E-state index contributed by atoms with van der Waals surface area (Å²) in [4.78, 5) is 21.0. The van der Waals surface area contributed by atoms with E-state index >= 15 is 0 Å². The fourth-order valence-corrected chi connectivity index (χ4v) is 3.85. The number of hydrogen-bond acceptors (Lipinski definition) is 4. The zero-order valence-electron chi connectivity index (χ0n) is 14.8. The van der Waals surface area contributed by atoms with Gasteiger partial charge in [-0.25, -0.2) is 4.98 Å². The highest BCUT2D eigenvalue weighted by molar-refractivity contribution is 9.10. The van der Waals surface area contributed by atoms with E-state index in [0.717, 1.165) is 37.6 Å². The topological polar surface area (TPSA) is 54.9 Å². The van der Waals surface area contributed by atoms with Crippen molar-refractivity contribution in [1.82, 2.24) is 9.97 Å². The lowest BCUT2D eigenvalue weighted by molar-refractivity contribution is -0.115.